The number of aliphatic hydroxyl groups excluding tert-OH is 1. The number of anilines is 1. The number of rotatable bonds is 7. The first-order chi connectivity index (χ1) is 15.4. The molecule has 3 atom stereocenters. The molecule has 7 heteroatoms. The second-order valence-corrected chi connectivity index (χ2v) is 9.01. The zero-order chi connectivity index (χ0) is 22.8. The van der Waals surface area contributed by atoms with E-state index in [1.807, 2.05) is 43.3 Å². The molecular formula is C25H28ClN3O3. The Kier molecular flexibility index (Phi) is 6.63. The molecule has 0 saturated heterocycles. The van der Waals surface area contributed by atoms with Crippen LogP contribution in [-0.2, 0) is 9.59 Å². The van der Waals surface area contributed by atoms with Crippen molar-refractivity contribution in [2.24, 2.45) is 16.8 Å². The van der Waals surface area contributed by atoms with Crippen LogP contribution in [0.1, 0.15) is 43.7 Å². The number of carbonyl (C=O) groups excluding carboxylic acids is 2. The fourth-order valence-electron chi connectivity index (χ4n) is 4.13. The normalized spacial score (nSPS) is 20.1. The SMILES string of the molecule is CC[C@H](O)[C@@H](CC1CC1)C(=O)NC1N=C(c2ccc(Cl)cc2)c2ccccc2N(C)C1=O. The lowest BCUT2D eigenvalue weighted by molar-refractivity contribution is -0.133. The summed E-state index contributed by atoms with van der Waals surface area (Å²) in [4.78, 5) is 32.7. The smallest absolute Gasteiger partial charge is 0.272 e. The van der Waals surface area contributed by atoms with Crippen molar-refractivity contribution in [2.75, 3.05) is 11.9 Å². The molecule has 1 heterocycles. The standard InChI is InChI=1S/C25H28ClN3O3/c1-3-21(30)19(14-15-8-9-15)24(31)28-23-25(32)29(2)20-7-5-4-6-18(20)22(27-23)16-10-12-17(26)13-11-16/h4-7,10-13,15,19,21,23,30H,3,8-9,14H2,1-2H3,(H,28,31)/t19-,21+,23?/m1/s1. The maximum atomic E-state index is 13.3. The predicted molar refractivity (Wildman–Crippen MR) is 126 cm³/mol. The van der Waals surface area contributed by atoms with Gasteiger partial charge >= 0.3 is 0 Å². The fraction of sp³-hybridized carbons (Fsp3) is 0.400. The molecule has 0 spiro atoms. The summed E-state index contributed by atoms with van der Waals surface area (Å²) in [5.74, 6) is -0.739. The van der Waals surface area contributed by atoms with Gasteiger partial charge in [-0.1, -0.05) is 61.7 Å². The van der Waals surface area contributed by atoms with Gasteiger partial charge in [0.1, 0.15) is 0 Å². The third-order valence-corrected chi connectivity index (χ3v) is 6.50. The minimum Gasteiger partial charge on any atom is -0.392 e. The third-order valence-electron chi connectivity index (χ3n) is 6.24. The van der Waals surface area contributed by atoms with Crippen molar-refractivity contribution in [3.63, 3.8) is 0 Å². The monoisotopic (exact) mass is 453 g/mol. The molecule has 0 radical (unpaired) electrons. The number of fused-ring (bicyclic) bond motifs is 1. The van der Waals surface area contributed by atoms with E-state index in [2.05, 4.69) is 5.32 Å². The first-order valence-electron chi connectivity index (χ1n) is 11.1. The van der Waals surface area contributed by atoms with Crippen molar-refractivity contribution in [1.82, 2.24) is 5.32 Å². The van der Waals surface area contributed by atoms with Crippen LogP contribution in [0.15, 0.2) is 53.5 Å². The molecule has 1 unspecified atom stereocenters. The van der Waals surface area contributed by atoms with Crippen molar-refractivity contribution >= 4 is 34.8 Å². The number of likely N-dealkylation sites (N-methyl/N-ethyl adjacent to an activating group) is 1. The molecule has 1 aliphatic heterocycles. The number of hydrogen-bond acceptors (Lipinski definition) is 4. The third kappa shape index (κ3) is 4.71. The number of hydrogen-bond donors (Lipinski definition) is 2. The Hall–Kier alpha value is -2.70. The predicted octanol–water partition coefficient (Wildman–Crippen LogP) is 3.78. The zero-order valence-corrected chi connectivity index (χ0v) is 19.0. The summed E-state index contributed by atoms with van der Waals surface area (Å²) in [5.41, 5.74) is 2.92. The van der Waals surface area contributed by atoms with Crippen molar-refractivity contribution in [3.8, 4) is 0 Å². The highest BCUT2D eigenvalue weighted by atomic mass is 35.5. The molecule has 4 rings (SSSR count). The van der Waals surface area contributed by atoms with Crippen LogP contribution in [0.4, 0.5) is 5.69 Å². The van der Waals surface area contributed by atoms with Crippen LogP contribution in [0.5, 0.6) is 0 Å². The molecule has 2 aromatic rings. The molecule has 1 aliphatic carbocycles. The number of halogens is 1. The van der Waals surface area contributed by atoms with Crippen molar-refractivity contribution < 1.29 is 14.7 Å². The number of benzene rings is 2. The van der Waals surface area contributed by atoms with Gasteiger partial charge in [0, 0.05) is 23.2 Å². The fourth-order valence-corrected chi connectivity index (χ4v) is 4.26. The average Bonchev–Trinajstić information content (AvgIpc) is 3.64. The van der Waals surface area contributed by atoms with Gasteiger partial charge in [-0.05, 0) is 37.0 Å². The van der Waals surface area contributed by atoms with Gasteiger partial charge in [0.05, 0.1) is 23.4 Å². The summed E-state index contributed by atoms with van der Waals surface area (Å²) in [6, 6.07) is 14.8. The number of aliphatic hydroxyl groups is 1. The average molecular weight is 454 g/mol. The number of aliphatic imine (C=N–C) groups is 1. The van der Waals surface area contributed by atoms with Crippen LogP contribution in [0, 0.1) is 11.8 Å². The lowest BCUT2D eigenvalue weighted by Gasteiger charge is -2.25. The van der Waals surface area contributed by atoms with Crippen LogP contribution < -0.4 is 10.2 Å². The van der Waals surface area contributed by atoms with Gasteiger partial charge in [-0.3, -0.25) is 9.59 Å². The summed E-state index contributed by atoms with van der Waals surface area (Å²) < 4.78 is 0. The molecule has 2 aliphatic rings. The topological polar surface area (TPSA) is 82.0 Å². The van der Waals surface area contributed by atoms with Gasteiger partial charge in [-0.15, -0.1) is 0 Å². The molecular weight excluding hydrogens is 426 g/mol. The Morgan fingerprint density at radius 1 is 1.22 bits per heavy atom. The number of nitrogens with zero attached hydrogens (tertiary/aromatic N) is 2. The lowest BCUT2D eigenvalue weighted by atomic mass is 9.93. The summed E-state index contributed by atoms with van der Waals surface area (Å²) >= 11 is 6.07. The van der Waals surface area contributed by atoms with Gasteiger partial charge in [0.15, 0.2) is 0 Å². The van der Waals surface area contributed by atoms with Crippen molar-refractivity contribution in [1.29, 1.82) is 0 Å². The highest BCUT2D eigenvalue weighted by Crippen LogP contribution is 2.37. The minimum absolute atomic E-state index is 0.328. The van der Waals surface area contributed by atoms with E-state index in [-0.39, 0.29) is 11.8 Å². The van der Waals surface area contributed by atoms with Gasteiger partial charge in [-0.2, -0.15) is 0 Å². The Labute approximate surface area is 193 Å². The lowest BCUT2D eigenvalue weighted by Crippen LogP contribution is -2.49. The largest absolute Gasteiger partial charge is 0.392 e. The van der Waals surface area contributed by atoms with E-state index in [0.29, 0.717) is 35.2 Å². The van der Waals surface area contributed by atoms with Crippen LogP contribution in [0.25, 0.3) is 0 Å². The molecule has 6 nitrogen and oxygen atoms in total. The van der Waals surface area contributed by atoms with E-state index < -0.39 is 18.2 Å². The highest BCUT2D eigenvalue weighted by molar-refractivity contribution is 6.30. The van der Waals surface area contributed by atoms with E-state index in [4.69, 9.17) is 16.6 Å². The number of carbonyl (C=O) groups is 2. The molecule has 1 saturated carbocycles. The molecule has 32 heavy (non-hydrogen) atoms. The van der Waals surface area contributed by atoms with Gasteiger partial charge < -0.3 is 15.3 Å². The zero-order valence-electron chi connectivity index (χ0n) is 18.3. The quantitative estimate of drug-likeness (QED) is 0.669. The molecule has 2 aromatic carbocycles. The van der Waals surface area contributed by atoms with Crippen molar-refractivity contribution in [2.45, 2.75) is 44.9 Å². The van der Waals surface area contributed by atoms with Crippen LogP contribution >= 0.6 is 11.6 Å². The summed E-state index contributed by atoms with van der Waals surface area (Å²) in [7, 11) is 1.68. The van der Waals surface area contributed by atoms with E-state index in [1.54, 1.807) is 19.2 Å². The van der Waals surface area contributed by atoms with Gasteiger partial charge in [0.2, 0.25) is 12.1 Å². The molecule has 1 fully saturated rings. The van der Waals surface area contributed by atoms with E-state index in [0.717, 1.165) is 24.0 Å². The first-order valence-corrected chi connectivity index (χ1v) is 11.5. The molecule has 2 N–H and O–H groups in total. The van der Waals surface area contributed by atoms with Gasteiger partial charge in [0.25, 0.3) is 5.91 Å². The molecule has 168 valence electrons. The number of benzodiazepines with no additional fused rings is 1. The van der Waals surface area contributed by atoms with Crippen molar-refractivity contribution in [3.05, 3.63) is 64.7 Å². The second-order valence-electron chi connectivity index (χ2n) is 8.57. The Morgan fingerprint density at radius 3 is 2.56 bits per heavy atom. The van der Waals surface area contributed by atoms with Crippen LogP contribution in [-0.4, -0.2) is 41.9 Å². The highest BCUT2D eigenvalue weighted by Gasteiger charge is 2.36. The number of amides is 2. The summed E-state index contributed by atoms with van der Waals surface area (Å²) in [6.07, 6.45) is 1.45. The maximum absolute atomic E-state index is 13.3. The van der Waals surface area contributed by atoms with E-state index in [9.17, 15) is 14.7 Å². The van der Waals surface area contributed by atoms with E-state index >= 15 is 0 Å². The number of para-hydroxylation sites is 1. The van der Waals surface area contributed by atoms with E-state index in [1.165, 1.54) is 4.90 Å². The molecule has 0 aromatic heterocycles. The Morgan fingerprint density at radius 2 is 1.91 bits per heavy atom. The van der Waals surface area contributed by atoms with Crippen LogP contribution in [0.3, 0.4) is 0 Å². The first kappa shape index (κ1) is 22.5. The molecule has 2 amide bonds. The maximum Gasteiger partial charge on any atom is 0.272 e. The minimum atomic E-state index is -1.09. The van der Waals surface area contributed by atoms with Gasteiger partial charge in [-0.25, -0.2) is 4.99 Å². The Balaban J connectivity index is 1.70. The Bertz CT molecular complexity index is 1030. The second kappa shape index (κ2) is 9.43. The van der Waals surface area contributed by atoms with Crippen LogP contribution in [0.2, 0.25) is 5.02 Å². The summed E-state index contributed by atoms with van der Waals surface area (Å²) in [6.45, 7) is 1.86. The number of nitrogens with one attached hydrogen (secondary N) is 1. The molecule has 0 bridgehead atoms. The summed E-state index contributed by atoms with van der Waals surface area (Å²) in [5, 5.41) is 13.9.